The van der Waals surface area contributed by atoms with Crippen LogP contribution < -0.4 is 5.32 Å². The number of fused-ring (bicyclic) bond motifs is 1. The van der Waals surface area contributed by atoms with Crippen LogP contribution in [0.5, 0.6) is 0 Å². The number of benzene rings is 1. The van der Waals surface area contributed by atoms with E-state index in [0.29, 0.717) is 5.95 Å². The summed E-state index contributed by atoms with van der Waals surface area (Å²) < 4.78 is 31.7. The maximum atomic E-state index is 11.5. The number of alkyl halides is 3. The number of carbonyl (C=O) groups is 2. The Morgan fingerprint density at radius 1 is 1.09 bits per heavy atom. The molecule has 0 bridgehead atoms. The van der Waals surface area contributed by atoms with E-state index in [1.54, 1.807) is 6.92 Å². The van der Waals surface area contributed by atoms with Crippen molar-refractivity contribution in [1.82, 2.24) is 19.9 Å². The molecule has 0 radical (unpaired) electrons. The first-order valence-corrected chi connectivity index (χ1v) is 10.6. The summed E-state index contributed by atoms with van der Waals surface area (Å²) in [5.74, 6) is -1.98. The summed E-state index contributed by atoms with van der Waals surface area (Å²) in [7, 11) is 0. The second-order valence-corrected chi connectivity index (χ2v) is 7.85. The molecule has 180 valence electrons. The summed E-state index contributed by atoms with van der Waals surface area (Å²) in [6.45, 7) is 5.16. The summed E-state index contributed by atoms with van der Waals surface area (Å²) in [5, 5.41) is 11.6. The van der Waals surface area contributed by atoms with E-state index in [0.717, 1.165) is 53.7 Å². The van der Waals surface area contributed by atoms with Crippen LogP contribution in [0.2, 0.25) is 0 Å². The van der Waals surface area contributed by atoms with Crippen molar-refractivity contribution in [3.63, 3.8) is 0 Å². The van der Waals surface area contributed by atoms with Crippen LogP contribution >= 0.6 is 0 Å². The molecular formula is C23H24F3N5O3. The van der Waals surface area contributed by atoms with E-state index >= 15 is 0 Å². The number of aryl methyl sites for hydroxylation is 1. The average Bonchev–Trinajstić information content (AvgIpc) is 2.79. The van der Waals surface area contributed by atoms with Gasteiger partial charge in [0.15, 0.2) is 0 Å². The Labute approximate surface area is 193 Å². The Bertz CT molecular complexity index is 1160. The molecule has 4 rings (SSSR count). The van der Waals surface area contributed by atoms with E-state index in [4.69, 9.17) is 14.9 Å². The van der Waals surface area contributed by atoms with Crippen molar-refractivity contribution >= 4 is 28.7 Å². The molecule has 34 heavy (non-hydrogen) atoms. The summed E-state index contributed by atoms with van der Waals surface area (Å²) in [5.41, 5.74) is 4.01. The molecule has 0 aliphatic carbocycles. The molecule has 3 aromatic rings. The fourth-order valence-electron chi connectivity index (χ4n) is 3.51. The molecular weight excluding hydrogens is 451 g/mol. The Kier molecular flexibility index (Phi) is 7.64. The van der Waals surface area contributed by atoms with Gasteiger partial charge in [0, 0.05) is 60.7 Å². The normalized spacial score (nSPS) is 14.3. The average molecular weight is 475 g/mol. The molecule has 1 aromatic carbocycles. The highest BCUT2D eigenvalue weighted by atomic mass is 19.4. The minimum atomic E-state index is -5.08. The lowest BCUT2D eigenvalue weighted by Gasteiger charge is -2.31. The largest absolute Gasteiger partial charge is 0.490 e. The van der Waals surface area contributed by atoms with Crippen molar-refractivity contribution in [1.29, 1.82) is 0 Å². The molecule has 1 saturated heterocycles. The number of carboxylic acid groups (broad SMARTS) is 1. The van der Waals surface area contributed by atoms with E-state index in [2.05, 4.69) is 27.4 Å². The molecule has 3 heterocycles. The number of hydrogen-bond donors (Lipinski definition) is 2. The predicted octanol–water partition coefficient (Wildman–Crippen LogP) is 4.06. The zero-order valence-electron chi connectivity index (χ0n) is 18.6. The molecule has 2 aromatic heterocycles. The van der Waals surface area contributed by atoms with Gasteiger partial charge in [0.1, 0.15) is 0 Å². The number of halogens is 3. The number of nitrogens with zero attached hydrogens (tertiary/aromatic N) is 4. The standard InChI is InChI=1S/C21H23N5O.C2HF3O2/c1-14-6-7-16(12-22-14)19-5-3-4-17-13-23-21(25-20(17)19)24-18-8-10-26(11-9-18)15(2)27;3-2(4,5)1(6)7/h3-7,12-13,18H,8-11H2,1-2H3,(H,23,24,25);(H,6,7). The summed E-state index contributed by atoms with van der Waals surface area (Å²) in [6, 6.07) is 10.5. The van der Waals surface area contributed by atoms with Crippen LogP contribution in [0.1, 0.15) is 25.5 Å². The maximum absolute atomic E-state index is 11.5. The molecule has 8 nitrogen and oxygen atoms in total. The van der Waals surface area contributed by atoms with Crippen molar-refractivity contribution in [2.75, 3.05) is 18.4 Å². The third kappa shape index (κ3) is 6.40. The number of hydrogen-bond acceptors (Lipinski definition) is 6. The number of aromatic nitrogens is 3. The monoisotopic (exact) mass is 475 g/mol. The van der Waals surface area contributed by atoms with Crippen LogP contribution in [0.4, 0.5) is 19.1 Å². The topological polar surface area (TPSA) is 108 Å². The van der Waals surface area contributed by atoms with Crippen molar-refractivity contribution in [3.8, 4) is 11.1 Å². The number of pyridine rings is 1. The van der Waals surface area contributed by atoms with E-state index in [1.807, 2.05) is 42.4 Å². The van der Waals surface area contributed by atoms with Crippen LogP contribution in [0, 0.1) is 6.92 Å². The Hall–Kier alpha value is -3.76. The third-order valence-corrected chi connectivity index (χ3v) is 5.35. The number of likely N-dealkylation sites (tertiary alicyclic amines) is 1. The molecule has 0 saturated carbocycles. The summed E-state index contributed by atoms with van der Waals surface area (Å²) >= 11 is 0. The quantitative estimate of drug-likeness (QED) is 0.588. The molecule has 1 amide bonds. The molecule has 0 unspecified atom stereocenters. The smallest absolute Gasteiger partial charge is 0.475 e. The van der Waals surface area contributed by atoms with Crippen LogP contribution in [-0.4, -0.2) is 62.1 Å². The zero-order chi connectivity index (χ0) is 24.9. The number of piperidine rings is 1. The highest BCUT2D eigenvalue weighted by Crippen LogP contribution is 2.27. The summed E-state index contributed by atoms with van der Waals surface area (Å²) in [6.07, 6.45) is 0.478. The number of nitrogens with one attached hydrogen (secondary N) is 1. The Morgan fingerprint density at radius 3 is 2.32 bits per heavy atom. The van der Waals surface area contributed by atoms with Gasteiger partial charge in [-0.3, -0.25) is 9.78 Å². The number of aliphatic carboxylic acids is 1. The lowest BCUT2D eigenvalue weighted by atomic mass is 10.0. The van der Waals surface area contributed by atoms with E-state index in [1.165, 1.54) is 0 Å². The first-order valence-electron chi connectivity index (χ1n) is 10.6. The van der Waals surface area contributed by atoms with Crippen molar-refractivity contribution in [3.05, 3.63) is 48.4 Å². The van der Waals surface area contributed by atoms with Crippen LogP contribution in [0.25, 0.3) is 22.0 Å². The van der Waals surface area contributed by atoms with Gasteiger partial charge < -0.3 is 15.3 Å². The molecule has 1 aliphatic heterocycles. The molecule has 11 heteroatoms. The molecule has 0 atom stereocenters. The second-order valence-electron chi connectivity index (χ2n) is 7.85. The van der Waals surface area contributed by atoms with Gasteiger partial charge in [0.05, 0.1) is 5.52 Å². The maximum Gasteiger partial charge on any atom is 0.490 e. The van der Waals surface area contributed by atoms with Gasteiger partial charge >= 0.3 is 12.1 Å². The van der Waals surface area contributed by atoms with Gasteiger partial charge in [-0.25, -0.2) is 14.8 Å². The van der Waals surface area contributed by atoms with Crippen LogP contribution in [-0.2, 0) is 9.59 Å². The van der Waals surface area contributed by atoms with Crippen molar-refractivity contribution < 1.29 is 27.9 Å². The Morgan fingerprint density at radius 2 is 1.76 bits per heavy atom. The first-order chi connectivity index (χ1) is 16.0. The van der Waals surface area contributed by atoms with Gasteiger partial charge in [-0.1, -0.05) is 24.3 Å². The molecule has 1 aliphatic rings. The summed E-state index contributed by atoms with van der Waals surface area (Å²) in [4.78, 5) is 36.0. The van der Waals surface area contributed by atoms with Crippen LogP contribution in [0.15, 0.2) is 42.7 Å². The lowest BCUT2D eigenvalue weighted by Crippen LogP contribution is -2.41. The number of carboxylic acids is 1. The third-order valence-electron chi connectivity index (χ3n) is 5.35. The van der Waals surface area contributed by atoms with Gasteiger partial charge in [0.25, 0.3) is 0 Å². The van der Waals surface area contributed by atoms with Crippen LogP contribution in [0.3, 0.4) is 0 Å². The minimum absolute atomic E-state index is 0.145. The fraction of sp³-hybridized carbons (Fsp3) is 0.348. The first kappa shape index (κ1) is 24.9. The SMILES string of the molecule is CC(=O)N1CCC(Nc2ncc3cccc(-c4ccc(C)nc4)c3n2)CC1.O=C(O)C(F)(F)F. The molecule has 0 spiro atoms. The van der Waals surface area contributed by atoms with Gasteiger partial charge in [0.2, 0.25) is 11.9 Å². The lowest BCUT2D eigenvalue weighted by molar-refractivity contribution is -0.192. The van der Waals surface area contributed by atoms with Crippen molar-refractivity contribution in [2.45, 2.75) is 38.9 Å². The van der Waals surface area contributed by atoms with E-state index in [9.17, 15) is 18.0 Å². The fourth-order valence-corrected chi connectivity index (χ4v) is 3.51. The highest BCUT2D eigenvalue weighted by molar-refractivity contribution is 5.93. The molecule has 1 fully saturated rings. The number of amides is 1. The van der Waals surface area contributed by atoms with Gasteiger partial charge in [-0.15, -0.1) is 0 Å². The second kappa shape index (κ2) is 10.4. The number of anilines is 1. The van der Waals surface area contributed by atoms with E-state index in [-0.39, 0.29) is 11.9 Å². The number of carbonyl (C=O) groups excluding carboxylic acids is 1. The van der Waals surface area contributed by atoms with Crippen molar-refractivity contribution in [2.24, 2.45) is 0 Å². The number of para-hydroxylation sites is 1. The van der Waals surface area contributed by atoms with Gasteiger partial charge in [-0.2, -0.15) is 13.2 Å². The Balaban J connectivity index is 0.000000406. The van der Waals surface area contributed by atoms with Gasteiger partial charge in [-0.05, 0) is 25.8 Å². The predicted molar refractivity (Wildman–Crippen MR) is 120 cm³/mol. The van der Waals surface area contributed by atoms with E-state index < -0.39 is 12.1 Å². The minimum Gasteiger partial charge on any atom is -0.475 e. The highest BCUT2D eigenvalue weighted by Gasteiger charge is 2.38. The molecule has 2 N–H and O–H groups in total. The zero-order valence-corrected chi connectivity index (χ0v) is 18.6. The number of rotatable bonds is 3.